The topological polar surface area (TPSA) is 34.4 Å². The molecular weight excluding hydrogens is 318 g/mol. The number of hydrogen-bond donors (Lipinski definition) is 1. The molecule has 1 aliphatic rings. The number of furan rings is 1. The second kappa shape index (κ2) is 6.02. The maximum atomic E-state index is 5.81. The fraction of sp³-hybridized carbons (Fsp3) is 0.375. The quantitative estimate of drug-likeness (QED) is 0.859. The lowest BCUT2D eigenvalue weighted by atomic mass is 10.2. The Balaban J connectivity index is 1.59. The van der Waals surface area contributed by atoms with E-state index < -0.39 is 0 Å². The van der Waals surface area contributed by atoms with E-state index in [0.717, 1.165) is 28.1 Å². The molecule has 3 rings (SSSR count). The molecule has 1 aromatic carbocycles. The second-order valence-electron chi connectivity index (χ2n) is 5.22. The van der Waals surface area contributed by atoms with Crippen LogP contribution in [-0.2, 0) is 13.2 Å². The third-order valence-electron chi connectivity index (χ3n) is 3.50. The summed E-state index contributed by atoms with van der Waals surface area (Å²) in [6, 6.07) is 8.70. The molecule has 0 amide bonds. The van der Waals surface area contributed by atoms with Gasteiger partial charge in [-0.2, -0.15) is 0 Å². The van der Waals surface area contributed by atoms with Gasteiger partial charge in [-0.3, -0.25) is 0 Å². The third kappa shape index (κ3) is 3.44. The van der Waals surface area contributed by atoms with Gasteiger partial charge in [0.05, 0.1) is 6.26 Å². The highest BCUT2D eigenvalue weighted by molar-refractivity contribution is 9.10. The summed E-state index contributed by atoms with van der Waals surface area (Å²) >= 11 is 3.49. The highest BCUT2D eigenvalue weighted by Crippen LogP contribution is 2.23. The molecule has 106 valence electrons. The fourth-order valence-electron chi connectivity index (χ4n) is 2.05. The number of benzene rings is 1. The van der Waals surface area contributed by atoms with Crippen LogP contribution in [0.5, 0.6) is 5.75 Å². The van der Waals surface area contributed by atoms with E-state index in [1.807, 2.05) is 24.3 Å². The Labute approximate surface area is 127 Å². The molecular formula is C16H18BrNO2. The van der Waals surface area contributed by atoms with Crippen LogP contribution in [0.15, 0.2) is 39.4 Å². The van der Waals surface area contributed by atoms with E-state index >= 15 is 0 Å². The maximum absolute atomic E-state index is 5.81. The Bertz CT molecular complexity index is 590. The van der Waals surface area contributed by atoms with Crippen molar-refractivity contribution < 1.29 is 9.15 Å². The first-order valence-electron chi connectivity index (χ1n) is 6.90. The average Bonchev–Trinajstić information content (AvgIpc) is 3.16. The second-order valence-corrected chi connectivity index (χ2v) is 6.08. The summed E-state index contributed by atoms with van der Waals surface area (Å²) in [4.78, 5) is 0. The van der Waals surface area contributed by atoms with Gasteiger partial charge in [-0.25, -0.2) is 0 Å². The van der Waals surface area contributed by atoms with E-state index in [1.165, 1.54) is 18.4 Å². The van der Waals surface area contributed by atoms with Gasteiger partial charge in [0.1, 0.15) is 18.1 Å². The molecule has 4 heteroatoms. The Kier molecular flexibility index (Phi) is 4.13. The maximum Gasteiger partial charge on any atom is 0.146 e. The van der Waals surface area contributed by atoms with Gasteiger partial charge < -0.3 is 14.5 Å². The van der Waals surface area contributed by atoms with Gasteiger partial charge in [0.2, 0.25) is 0 Å². The molecule has 0 spiro atoms. The smallest absolute Gasteiger partial charge is 0.146 e. The largest absolute Gasteiger partial charge is 0.486 e. The van der Waals surface area contributed by atoms with Crippen molar-refractivity contribution in [1.29, 1.82) is 0 Å². The van der Waals surface area contributed by atoms with Crippen molar-refractivity contribution >= 4 is 15.9 Å². The molecule has 0 aliphatic heterocycles. The molecule has 0 saturated heterocycles. The first-order chi connectivity index (χ1) is 9.72. The molecule has 1 N–H and O–H groups in total. The van der Waals surface area contributed by atoms with Crippen molar-refractivity contribution in [1.82, 2.24) is 5.32 Å². The SMILES string of the molecule is Cc1cc(OCc2occc2CNC2CC2)ccc1Br. The highest BCUT2D eigenvalue weighted by Gasteiger charge is 2.21. The number of halogens is 1. The van der Waals surface area contributed by atoms with Gasteiger partial charge in [-0.1, -0.05) is 15.9 Å². The monoisotopic (exact) mass is 335 g/mol. The first-order valence-corrected chi connectivity index (χ1v) is 7.69. The first kappa shape index (κ1) is 13.7. The zero-order chi connectivity index (χ0) is 13.9. The van der Waals surface area contributed by atoms with Crippen LogP contribution in [0, 0.1) is 6.92 Å². The molecule has 1 aromatic heterocycles. The summed E-state index contributed by atoms with van der Waals surface area (Å²) in [5.74, 6) is 1.77. The molecule has 1 aliphatic carbocycles. The highest BCUT2D eigenvalue weighted by atomic mass is 79.9. The standard InChI is InChI=1S/C16H18BrNO2/c1-11-8-14(4-5-15(11)17)20-10-16-12(6-7-19-16)9-18-13-2-3-13/h4-8,13,18H,2-3,9-10H2,1H3. The molecule has 0 unspecified atom stereocenters. The van der Waals surface area contributed by atoms with Crippen molar-refractivity contribution in [3.05, 3.63) is 51.9 Å². The molecule has 0 bridgehead atoms. The third-order valence-corrected chi connectivity index (χ3v) is 4.39. The summed E-state index contributed by atoms with van der Waals surface area (Å²) in [7, 11) is 0. The summed E-state index contributed by atoms with van der Waals surface area (Å²) < 4.78 is 12.4. The number of hydrogen-bond acceptors (Lipinski definition) is 3. The predicted octanol–water partition coefficient (Wildman–Crippen LogP) is 4.18. The lowest BCUT2D eigenvalue weighted by Crippen LogP contribution is -2.16. The van der Waals surface area contributed by atoms with Gasteiger partial charge in [0.25, 0.3) is 0 Å². The molecule has 20 heavy (non-hydrogen) atoms. The molecule has 3 nitrogen and oxygen atoms in total. The minimum atomic E-state index is 0.468. The van der Waals surface area contributed by atoms with Gasteiger partial charge in [0.15, 0.2) is 0 Å². The van der Waals surface area contributed by atoms with Crippen LogP contribution in [0.25, 0.3) is 0 Å². The summed E-state index contributed by atoms with van der Waals surface area (Å²) in [6.07, 6.45) is 4.32. The van der Waals surface area contributed by atoms with Crippen molar-refractivity contribution in [3.63, 3.8) is 0 Å². The Morgan fingerprint density at radius 2 is 2.20 bits per heavy atom. The Morgan fingerprint density at radius 3 is 2.95 bits per heavy atom. The normalized spacial score (nSPS) is 14.5. The van der Waals surface area contributed by atoms with Gasteiger partial charge in [0, 0.05) is 22.6 Å². The van der Waals surface area contributed by atoms with Gasteiger partial charge in [-0.15, -0.1) is 0 Å². The average molecular weight is 336 g/mol. The van der Waals surface area contributed by atoms with E-state index in [0.29, 0.717) is 12.6 Å². The number of nitrogens with one attached hydrogen (secondary N) is 1. The minimum absolute atomic E-state index is 0.468. The van der Waals surface area contributed by atoms with Crippen LogP contribution >= 0.6 is 15.9 Å². The van der Waals surface area contributed by atoms with Crippen LogP contribution in [-0.4, -0.2) is 6.04 Å². The van der Waals surface area contributed by atoms with Gasteiger partial charge in [-0.05, 0) is 49.6 Å². The summed E-state index contributed by atoms with van der Waals surface area (Å²) in [5.41, 5.74) is 2.35. The Morgan fingerprint density at radius 1 is 1.35 bits per heavy atom. The zero-order valence-electron chi connectivity index (χ0n) is 11.5. The van der Waals surface area contributed by atoms with E-state index in [1.54, 1.807) is 6.26 Å². The number of ether oxygens (including phenoxy) is 1. The van der Waals surface area contributed by atoms with Gasteiger partial charge >= 0.3 is 0 Å². The van der Waals surface area contributed by atoms with Crippen molar-refractivity contribution in [2.45, 2.75) is 39.0 Å². The van der Waals surface area contributed by atoms with E-state index in [2.05, 4.69) is 28.2 Å². The summed E-state index contributed by atoms with van der Waals surface area (Å²) in [6.45, 7) is 3.38. The van der Waals surface area contributed by atoms with Crippen LogP contribution in [0.4, 0.5) is 0 Å². The molecule has 2 aromatic rings. The fourth-order valence-corrected chi connectivity index (χ4v) is 2.30. The number of rotatable bonds is 6. The van der Waals surface area contributed by atoms with Crippen molar-refractivity contribution in [3.8, 4) is 5.75 Å². The van der Waals surface area contributed by atoms with Crippen LogP contribution in [0.2, 0.25) is 0 Å². The van der Waals surface area contributed by atoms with E-state index in [-0.39, 0.29) is 0 Å². The summed E-state index contributed by atoms with van der Waals surface area (Å²) in [5, 5.41) is 3.49. The van der Waals surface area contributed by atoms with E-state index in [9.17, 15) is 0 Å². The number of aryl methyl sites for hydroxylation is 1. The van der Waals surface area contributed by atoms with Crippen LogP contribution < -0.4 is 10.1 Å². The zero-order valence-corrected chi connectivity index (χ0v) is 13.1. The molecule has 0 radical (unpaired) electrons. The molecule has 1 fully saturated rings. The van der Waals surface area contributed by atoms with Crippen molar-refractivity contribution in [2.75, 3.05) is 0 Å². The van der Waals surface area contributed by atoms with Crippen LogP contribution in [0.3, 0.4) is 0 Å². The lowest BCUT2D eigenvalue weighted by Gasteiger charge is -2.08. The van der Waals surface area contributed by atoms with E-state index in [4.69, 9.17) is 9.15 Å². The lowest BCUT2D eigenvalue weighted by molar-refractivity contribution is 0.268. The molecule has 1 saturated carbocycles. The van der Waals surface area contributed by atoms with Crippen LogP contribution in [0.1, 0.15) is 29.7 Å². The molecule has 0 atom stereocenters. The predicted molar refractivity (Wildman–Crippen MR) is 81.8 cm³/mol. The molecule has 1 heterocycles. The minimum Gasteiger partial charge on any atom is -0.486 e. The Hall–Kier alpha value is -1.26. The van der Waals surface area contributed by atoms with Crippen molar-refractivity contribution in [2.24, 2.45) is 0 Å².